The minimum atomic E-state index is -0.457. The van der Waals surface area contributed by atoms with Crippen LogP contribution < -0.4 is 0 Å². The van der Waals surface area contributed by atoms with Crippen LogP contribution in [-0.2, 0) is 14.3 Å². The highest BCUT2D eigenvalue weighted by atomic mass is 16.6. The van der Waals surface area contributed by atoms with Gasteiger partial charge in [-0.25, -0.2) is 0 Å². The number of hydrogen-bond acceptors (Lipinski definition) is 4. The van der Waals surface area contributed by atoms with E-state index >= 15 is 0 Å². The molecule has 154 valence electrons. The summed E-state index contributed by atoms with van der Waals surface area (Å²) in [5.74, 6) is -0.840. The molecule has 0 atom stereocenters. The summed E-state index contributed by atoms with van der Waals surface area (Å²) in [5.41, 5.74) is 0. The van der Waals surface area contributed by atoms with Crippen LogP contribution in [0.5, 0.6) is 0 Å². The predicted molar refractivity (Wildman–Crippen MR) is 109 cm³/mol. The number of hydrogen-bond donors (Lipinski definition) is 0. The Labute approximate surface area is 162 Å². The van der Waals surface area contributed by atoms with Crippen molar-refractivity contribution >= 4 is 11.9 Å². The van der Waals surface area contributed by atoms with Crippen LogP contribution in [0, 0.1) is 0 Å². The third-order valence-corrected chi connectivity index (χ3v) is 4.66. The molecule has 0 heterocycles. The average molecular weight is 370 g/mol. The summed E-state index contributed by atoms with van der Waals surface area (Å²) in [7, 11) is 3.56. The Hall–Kier alpha value is -0.900. The van der Waals surface area contributed by atoms with Crippen molar-refractivity contribution in [3.05, 3.63) is 0 Å². The number of esters is 2. The Morgan fingerprint density at radius 3 is 1.38 bits per heavy atom. The Kier molecular flexibility index (Phi) is 18.2. The van der Waals surface area contributed by atoms with Gasteiger partial charge in [-0.05, 0) is 20.5 Å². The molecule has 0 spiro atoms. The van der Waals surface area contributed by atoms with E-state index in [1.165, 1.54) is 83.5 Å². The van der Waals surface area contributed by atoms with Crippen molar-refractivity contribution in [2.75, 3.05) is 20.6 Å². The van der Waals surface area contributed by atoms with Crippen LogP contribution in [0.1, 0.15) is 110 Å². The first-order valence-corrected chi connectivity index (χ1v) is 10.9. The number of ether oxygens (including phenoxy) is 1. The van der Waals surface area contributed by atoms with Gasteiger partial charge in [0.05, 0.1) is 6.54 Å². The number of carbonyl (C=O) groups excluding carboxylic acids is 2. The van der Waals surface area contributed by atoms with Crippen LogP contribution >= 0.6 is 0 Å². The molecule has 4 nitrogen and oxygen atoms in total. The van der Waals surface area contributed by atoms with Gasteiger partial charge in [-0.2, -0.15) is 0 Å². The molecule has 0 aliphatic heterocycles. The van der Waals surface area contributed by atoms with Crippen molar-refractivity contribution in [3.63, 3.8) is 0 Å². The molecule has 0 aromatic heterocycles. The Morgan fingerprint density at radius 1 is 0.615 bits per heavy atom. The molecule has 0 amide bonds. The van der Waals surface area contributed by atoms with Crippen LogP contribution in [0.4, 0.5) is 0 Å². The third kappa shape index (κ3) is 19.4. The molecule has 26 heavy (non-hydrogen) atoms. The SMILES string of the molecule is CCCCCCCCCCCCCCCCCC(=O)OC(=O)CN(C)C. The number of unbranched alkanes of at least 4 members (excludes halogenated alkanes) is 14. The van der Waals surface area contributed by atoms with E-state index in [0.29, 0.717) is 6.42 Å². The lowest BCUT2D eigenvalue weighted by Gasteiger charge is -2.08. The maximum atomic E-state index is 11.5. The lowest BCUT2D eigenvalue weighted by atomic mass is 10.0. The predicted octanol–water partition coefficient (Wildman–Crippen LogP) is 5.88. The zero-order valence-corrected chi connectivity index (χ0v) is 17.7. The van der Waals surface area contributed by atoms with Gasteiger partial charge in [0, 0.05) is 6.42 Å². The second-order valence-electron chi connectivity index (χ2n) is 7.78. The zero-order chi connectivity index (χ0) is 19.5. The standard InChI is InChI=1S/C22H43NO3/c1-4-5-6-7-8-9-10-11-12-13-14-15-16-17-18-19-21(24)26-22(25)20-23(2)3/h4-20H2,1-3H3. The first-order valence-electron chi connectivity index (χ1n) is 10.9. The van der Waals surface area contributed by atoms with Crippen molar-refractivity contribution in [3.8, 4) is 0 Å². The summed E-state index contributed by atoms with van der Waals surface area (Å²) in [6.07, 6.45) is 19.9. The number of rotatable bonds is 18. The third-order valence-electron chi connectivity index (χ3n) is 4.66. The molecule has 4 heteroatoms. The number of likely N-dealkylation sites (N-methyl/N-ethyl adjacent to an activating group) is 1. The molecule has 0 saturated carbocycles. The van der Waals surface area contributed by atoms with Crippen LogP contribution in [0.3, 0.4) is 0 Å². The fourth-order valence-corrected chi connectivity index (χ4v) is 3.11. The van der Waals surface area contributed by atoms with E-state index in [0.717, 1.165) is 12.8 Å². The summed E-state index contributed by atoms with van der Waals surface area (Å²) in [6, 6.07) is 0. The highest BCUT2D eigenvalue weighted by Crippen LogP contribution is 2.13. The van der Waals surface area contributed by atoms with Crippen molar-refractivity contribution in [1.82, 2.24) is 4.90 Å². The maximum absolute atomic E-state index is 11.5. The van der Waals surface area contributed by atoms with Crippen molar-refractivity contribution in [2.45, 2.75) is 110 Å². The summed E-state index contributed by atoms with van der Waals surface area (Å²) >= 11 is 0. The topological polar surface area (TPSA) is 46.6 Å². The van der Waals surface area contributed by atoms with Gasteiger partial charge in [-0.15, -0.1) is 0 Å². The van der Waals surface area contributed by atoms with E-state index < -0.39 is 5.97 Å². The fourth-order valence-electron chi connectivity index (χ4n) is 3.11. The molecular weight excluding hydrogens is 326 g/mol. The van der Waals surface area contributed by atoms with Gasteiger partial charge < -0.3 is 4.74 Å². The summed E-state index contributed by atoms with van der Waals surface area (Å²) in [4.78, 5) is 24.5. The van der Waals surface area contributed by atoms with E-state index in [2.05, 4.69) is 6.92 Å². The van der Waals surface area contributed by atoms with Gasteiger partial charge in [0.1, 0.15) is 0 Å². The Morgan fingerprint density at radius 2 is 1.00 bits per heavy atom. The number of carbonyl (C=O) groups is 2. The van der Waals surface area contributed by atoms with Crippen molar-refractivity contribution in [2.24, 2.45) is 0 Å². The van der Waals surface area contributed by atoms with E-state index in [4.69, 9.17) is 4.74 Å². The molecule has 0 radical (unpaired) electrons. The van der Waals surface area contributed by atoms with Crippen molar-refractivity contribution in [1.29, 1.82) is 0 Å². The first kappa shape index (κ1) is 25.1. The molecule has 0 unspecified atom stereocenters. The van der Waals surface area contributed by atoms with Gasteiger partial charge in [0.2, 0.25) is 0 Å². The minimum absolute atomic E-state index is 0.157. The normalized spacial score (nSPS) is 11.1. The zero-order valence-electron chi connectivity index (χ0n) is 17.7. The fraction of sp³-hybridized carbons (Fsp3) is 0.909. The molecule has 0 fully saturated rings. The van der Waals surface area contributed by atoms with Crippen LogP contribution in [0.2, 0.25) is 0 Å². The lowest BCUT2D eigenvalue weighted by molar-refractivity contribution is -0.160. The minimum Gasteiger partial charge on any atom is -0.392 e. The van der Waals surface area contributed by atoms with E-state index in [9.17, 15) is 9.59 Å². The van der Waals surface area contributed by atoms with Gasteiger partial charge in [0.25, 0.3) is 0 Å². The maximum Gasteiger partial charge on any atom is 0.327 e. The van der Waals surface area contributed by atoms with Crippen molar-refractivity contribution < 1.29 is 14.3 Å². The molecule has 0 rings (SSSR count). The number of nitrogens with zero attached hydrogens (tertiary/aromatic N) is 1. The second-order valence-corrected chi connectivity index (χ2v) is 7.78. The van der Waals surface area contributed by atoms with E-state index in [-0.39, 0.29) is 12.5 Å². The molecule has 0 N–H and O–H groups in total. The molecule has 0 saturated heterocycles. The summed E-state index contributed by atoms with van der Waals surface area (Å²) in [5, 5.41) is 0. The average Bonchev–Trinajstić information content (AvgIpc) is 2.57. The lowest BCUT2D eigenvalue weighted by Crippen LogP contribution is -2.25. The summed E-state index contributed by atoms with van der Waals surface area (Å²) in [6.45, 7) is 2.42. The van der Waals surface area contributed by atoms with Gasteiger partial charge >= 0.3 is 11.9 Å². The monoisotopic (exact) mass is 369 g/mol. The molecular formula is C22H43NO3. The second kappa shape index (κ2) is 18.9. The van der Waals surface area contributed by atoms with Gasteiger partial charge in [-0.1, -0.05) is 96.8 Å². The molecule has 0 aromatic carbocycles. The Balaban J connectivity index is 3.22. The molecule has 0 aromatic rings. The molecule has 0 aliphatic carbocycles. The molecule has 0 bridgehead atoms. The highest BCUT2D eigenvalue weighted by molar-refractivity contribution is 5.86. The molecule has 0 aliphatic rings. The van der Waals surface area contributed by atoms with Gasteiger partial charge in [0.15, 0.2) is 0 Å². The van der Waals surface area contributed by atoms with Gasteiger partial charge in [-0.3, -0.25) is 14.5 Å². The van der Waals surface area contributed by atoms with Crippen LogP contribution in [0.25, 0.3) is 0 Å². The quantitative estimate of drug-likeness (QED) is 0.172. The smallest absolute Gasteiger partial charge is 0.327 e. The summed E-state index contributed by atoms with van der Waals surface area (Å²) < 4.78 is 4.76. The highest BCUT2D eigenvalue weighted by Gasteiger charge is 2.10. The Bertz CT molecular complexity index is 342. The first-order chi connectivity index (χ1) is 12.6. The van der Waals surface area contributed by atoms with E-state index in [1.807, 2.05) is 0 Å². The largest absolute Gasteiger partial charge is 0.392 e. The van der Waals surface area contributed by atoms with Crippen LogP contribution in [-0.4, -0.2) is 37.5 Å². The van der Waals surface area contributed by atoms with E-state index in [1.54, 1.807) is 19.0 Å². The van der Waals surface area contributed by atoms with Crippen LogP contribution in [0.15, 0.2) is 0 Å².